The lowest BCUT2D eigenvalue weighted by atomic mass is 10.1. The minimum atomic E-state index is 0. The third kappa shape index (κ3) is 4.29. The number of hydrogen-bond acceptors (Lipinski definition) is 4. The van der Waals surface area contributed by atoms with Crippen LogP contribution in [0, 0.1) is 0 Å². The molecule has 3 rings (SSSR count). The quantitative estimate of drug-likeness (QED) is 0.874. The summed E-state index contributed by atoms with van der Waals surface area (Å²) in [6, 6.07) is 8.25. The number of benzene rings is 1. The van der Waals surface area contributed by atoms with Gasteiger partial charge in [0.05, 0.1) is 5.69 Å². The number of halogens is 1. The van der Waals surface area contributed by atoms with Crippen LogP contribution in [0.25, 0.3) is 5.69 Å². The lowest BCUT2D eigenvalue weighted by Gasteiger charge is -2.11. The van der Waals surface area contributed by atoms with Crippen molar-refractivity contribution >= 4 is 18.3 Å². The maximum atomic E-state index is 11.9. The van der Waals surface area contributed by atoms with E-state index in [2.05, 4.69) is 20.7 Å². The van der Waals surface area contributed by atoms with Gasteiger partial charge in [0.1, 0.15) is 12.7 Å². The Bertz CT molecular complexity index is 596. The fourth-order valence-electron chi connectivity index (χ4n) is 2.58. The first kappa shape index (κ1) is 16.5. The van der Waals surface area contributed by atoms with Crippen molar-refractivity contribution in [3.8, 4) is 5.69 Å². The van der Waals surface area contributed by atoms with E-state index in [1.165, 1.54) is 6.33 Å². The van der Waals surface area contributed by atoms with E-state index in [1.807, 2.05) is 24.3 Å². The van der Waals surface area contributed by atoms with Crippen LogP contribution in [-0.4, -0.2) is 33.3 Å². The van der Waals surface area contributed by atoms with Crippen molar-refractivity contribution in [2.24, 2.45) is 0 Å². The largest absolute Gasteiger partial charge is 0.352 e. The third-order valence-electron chi connectivity index (χ3n) is 3.68. The van der Waals surface area contributed by atoms with Crippen molar-refractivity contribution in [2.75, 3.05) is 6.54 Å². The molecule has 0 radical (unpaired) electrons. The Morgan fingerprint density at radius 1 is 1.45 bits per heavy atom. The molecule has 2 heterocycles. The Kier molecular flexibility index (Phi) is 5.91. The molecule has 1 amide bonds. The van der Waals surface area contributed by atoms with Crippen molar-refractivity contribution in [2.45, 2.75) is 31.8 Å². The molecule has 1 saturated heterocycles. The average Bonchev–Trinajstić information content (AvgIpc) is 3.19. The monoisotopic (exact) mass is 321 g/mol. The van der Waals surface area contributed by atoms with Gasteiger partial charge in [-0.05, 0) is 37.1 Å². The summed E-state index contributed by atoms with van der Waals surface area (Å²) >= 11 is 0. The summed E-state index contributed by atoms with van der Waals surface area (Å²) in [4.78, 5) is 15.8. The molecule has 1 aliphatic heterocycles. The highest BCUT2D eigenvalue weighted by atomic mass is 35.5. The predicted molar refractivity (Wildman–Crippen MR) is 86.1 cm³/mol. The number of hydrogen-bond donors (Lipinski definition) is 2. The number of aromatic nitrogens is 3. The highest BCUT2D eigenvalue weighted by molar-refractivity contribution is 5.85. The first-order valence-corrected chi connectivity index (χ1v) is 7.25. The molecule has 2 N–H and O–H groups in total. The molecule has 22 heavy (non-hydrogen) atoms. The molecule has 0 saturated carbocycles. The van der Waals surface area contributed by atoms with Crippen LogP contribution in [0.1, 0.15) is 24.8 Å². The summed E-state index contributed by atoms with van der Waals surface area (Å²) in [6.45, 7) is 1.56. The van der Waals surface area contributed by atoms with E-state index in [0.717, 1.165) is 30.6 Å². The number of amides is 1. The van der Waals surface area contributed by atoms with Crippen LogP contribution in [0.2, 0.25) is 0 Å². The standard InChI is InChI=1S/C15H19N5O.ClH/c21-15(8-13-4-2-6-17-13)18-9-12-3-1-5-14(7-12)20-11-16-10-19-20;/h1,3,5,7,10-11,13,17H,2,4,6,8-9H2,(H,18,21);1H. The summed E-state index contributed by atoms with van der Waals surface area (Å²) < 4.78 is 1.70. The van der Waals surface area contributed by atoms with E-state index >= 15 is 0 Å². The molecule has 1 aliphatic rings. The Morgan fingerprint density at radius 3 is 3.09 bits per heavy atom. The Morgan fingerprint density at radius 2 is 2.36 bits per heavy atom. The molecular formula is C15H20ClN5O. The number of carbonyl (C=O) groups is 1. The van der Waals surface area contributed by atoms with E-state index in [1.54, 1.807) is 11.0 Å². The molecule has 6 nitrogen and oxygen atoms in total. The van der Waals surface area contributed by atoms with E-state index in [9.17, 15) is 4.79 Å². The normalized spacial score (nSPS) is 17.0. The molecule has 1 aromatic heterocycles. The topological polar surface area (TPSA) is 71.8 Å². The van der Waals surface area contributed by atoms with Gasteiger partial charge in [0.15, 0.2) is 0 Å². The van der Waals surface area contributed by atoms with Crippen LogP contribution in [0.3, 0.4) is 0 Å². The van der Waals surface area contributed by atoms with Gasteiger partial charge in [0.25, 0.3) is 0 Å². The second kappa shape index (κ2) is 7.91. The van der Waals surface area contributed by atoms with E-state index < -0.39 is 0 Å². The first-order valence-electron chi connectivity index (χ1n) is 7.25. The van der Waals surface area contributed by atoms with Crippen LogP contribution >= 0.6 is 12.4 Å². The van der Waals surface area contributed by atoms with Crippen LogP contribution < -0.4 is 10.6 Å². The van der Waals surface area contributed by atoms with Gasteiger partial charge in [0, 0.05) is 19.0 Å². The SMILES string of the molecule is Cl.O=C(CC1CCCN1)NCc1cccc(-n2cncn2)c1. The molecule has 118 valence electrons. The van der Waals surface area contributed by atoms with Gasteiger partial charge >= 0.3 is 0 Å². The minimum Gasteiger partial charge on any atom is -0.352 e. The Labute approximate surface area is 135 Å². The van der Waals surface area contributed by atoms with Crippen molar-refractivity contribution in [1.82, 2.24) is 25.4 Å². The predicted octanol–water partition coefficient (Wildman–Crippen LogP) is 1.45. The molecule has 1 atom stereocenters. The fraction of sp³-hybridized carbons (Fsp3) is 0.400. The Hall–Kier alpha value is -1.92. The zero-order valence-corrected chi connectivity index (χ0v) is 13.1. The molecule has 1 aromatic carbocycles. The molecule has 1 fully saturated rings. The van der Waals surface area contributed by atoms with E-state index in [4.69, 9.17) is 0 Å². The van der Waals surface area contributed by atoms with Crippen molar-refractivity contribution < 1.29 is 4.79 Å². The van der Waals surface area contributed by atoms with Gasteiger partial charge < -0.3 is 10.6 Å². The molecule has 2 aromatic rings. The molecule has 7 heteroatoms. The molecule has 1 unspecified atom stereocenters. The van der Waals surface area contributed by atoms with Crippen LogP contribution in [0.15, 0.2) is 36.9 Å². The molecular weight excluding hydrogens is 302 g/mol. The lowest BCUT2D eigenvalue weighted by molar-refractivity contribution is -0.121. The van der Waals surface area contributed by atoms with E-state index in [0.29, 0.717) is 19.0 Å². The van der Waals surface area contributed by atoms with Crippen LogP contribution in [0.4, 0.5) is 0 Å². The van der Waals surface area contributed by atoms with Crippen molar-refractivity contribution in [3.05, 3.63) is 42.5 Å². The van der Waals surface area contributed by atoms with Gasteiger partial charge in [-0.1, -0.05) is 12.1 Å². The Balaban J connectivity index is 0.00000176. The molecule has 0 spiro atoms. The maximum absolute atomic E-state index is 11.9. The van der Waals surface area contributed by atoms with E-state index in [-0.39, 0.29) is 18.3 Å². The summed E-state index contributed by atoms with van der Waals surface area (Å²) in [5.74, 6) is 0.0977. The van der Waals surface area contributed by atoms with Crippen molar-refractivity contribution in [3.63, 3.8) is 0 Å². The third-order valence-corrected chi connectivity index (χ3v) is 3.68. The zero-order chi connectivity index (χ0) is 14.5. The van der Waals surface area contributed by atoms with Crippen molar-refractivity contribution in [1.29, 1.82) is 0 Å². The second-order valence-electron chi connectivity index (χ2n) is 5.28. The second-order valence-corrected chi connectivity index (χ2v) is 5.28. The molecule has 0 bridgehead atoms. The summed E-state index contributed by atoms with van der Waals surface area (Å²) in [5, 5.41) is 10.4. The smallest absolute Gasteiger partial charge is 0.221 e. The highest BCUT2D eigenvalue weighted by Crippen LogP contribution is 2.10. The molecule has 0 aliphatic carbocycles. The first-order chi connectivity index (χ1) is 10.3. The van der Waals surface area contributed by atoms with Gasteiger partial charge in [-0.15, -0.1) is 12.4 Å². The van der Waals surface area contributed by atoms with Gasteiger partial charge in [-0.2, -0.15) is 5.10 Å². The summed E-state index contributed by atoms with van der Waals surface area (Å²) in [5.41, 5.74) is 1.99. The summed E-state index contributed by atoms with van der Waals surface area (Å²) in [6.07, 6.45) is 5.97. The number of nitrogens with zero attached hydrogens (tertiary/aromatic N) is 3. The van der Waals surface area contributed by atoms with Crippen LogP contribution in [-0.2, 0) is 11.3 Å². The van der Waals surface area contributed by atoms with Gasteiger partial charge in [0.2, 0.25) is 5.91 Å². The highest BCUT2D eigenvalue weighted by Gasteiger charge is 2.17. The van der Waals surface area contributed by atoms with Gasteiger partial charge in [-0.25, -0.2) is 9.67 Å². The number of nitrogens with one attached hydrogen (secondary N) is 2. The number of rotatable bonds is 5. The minimum absolute atomic E-state index is 0. The number of carbonyl (C=O) groups excluding carboxylic acids is 1. The maximum Gasteiger partial charge on any atom is 0.221 e. The zero-order valence-electron chi connectivity index (χ0n) is 12.2. The van der Waals surface area contributed by atoms with Crippen LogP contribution in [0.5, 0.6) is 0 Å². The average molecular weight is 322 g/mol. The van der Waals surface area contributed by atoms with Gasteiger partial charge in [-0.3, -0.25) is 4.79 Å². The lowest BCUT2D eigenvalue weighted by Crippen LogP contribution is -2.31. The fourth-order valence-corrected chi connectivity index (χ4v) is 2.58. The summed E-state index contributed by atoms with van der Waals surface area (Å²) in [7, 11) is 0.